The summed E-state index contributed by atoms with van der Waals surface area (Å²) in [5.74, 6) is 0.479. The highest BCUT2D eigenvalue weighted by Gasteiger charge is 2.34. The Morgan fingerprint density at radius 2 is 2.08 bits per heavy atom. The second kappa shape index (κ2) is 7.26. The predicted octanol–water partition coefficient (Wildman–Crippen LogP) is 0.730. The van der Waals surface area contributed by atoms with Gasteiger partial charge >= 0.3 is 0 Å². The number of aliphatic hydroxyl groups is 1. The first-order valence-corrected chi connectivity index (χ1v) is 9.14. The highest BCUT2D eigenvalue weighted by Crippen LogP contribution is 2.29. The number of likely N-dealkylation sites (tertiary alicyclic amines) is 1. The van der Waals surface area contributed by atoms with Crippen LogP contribution >= 0.6 is 0 Å². The Kier molecular flexibility index (Phi) is 4.84. The van der Waals surface area contributed by atoms with E-state index in [9.17, 15) is 9.90 Å². The molecule has 0 bridgehead atoms. The number of benzene rings is 1. The van der Waals surface area contributed by atoms with Gasteiger partial charge in [-0.3, -0.25) is 9.69 Å². The number of amides is 1. The molecule has 0 spiro atoms. The number of aliphatic hydroxyl groups excluding tert-OH is 1. The molecule has 2 unspecified atom stereocenters. The Bertz CT molecular complexity index is 782. The highest BCUT2D eigenvalue weighted by molar-refractivity contribution is 5.87. The molecule has 2 aliphatic rings. The van der Waals surface area contributed by atoms with Crippen LogP contribution in [0.3, 0.4) is 0 Å². The molecule has 7 heteroatoms. The van der Waals surface area contributed by atoms with Crippen LogP contribution < -0.4 is 10.5 Å². The average molecular weight is 359 g/mol. The third kappa shape index (κ3) is 3.42. The summed E-state index contributed by atoms with van der Waals surface area (Å²) < 4.78 is 13.5. The number of aromatic nitrogens is 1. The van der Waals surface area contributed by atoms with E-state index in [1.165, 1.54) is 0 Å². The Morgan fingerprint density at radius 1 is 1.27 bits per heavy atom. The van der Waals surface area contributed by atoms with Crippen LogP contribution in [0, 0.1) is 0 Å². The van der Waals surface area contributed by atoms with Gasteiger partial charge in [-0.1, -0.05) is 6.07 Å². The molecule has 2 saturated heterocycles. The van der Waals surface area contributed by atoms with Crippen molar-refractivity contribution in [1.82, 2.24) is 9.47 Å². The fraction of sp³-hybridized carbons (Fsp3) is 0.526. The summed E-state index contributed by atoms with van der Waals surface area (Å²) in [4.78, 5) is 13.5. The lowest BCUT2D eigenvalue weighted by Crippen LogP contribution is -2.48. The zero-order chi connectivity index (χ0) is 18.1. The summed E-state index contributed by atoms with van der Waals surface area (Å²) in [5, 5.41) is 11.0. The number of hydrogen-bond donors (Lipinski definition) is 2. The quantitative estimate of drug-likeness (QED) is 0.821. The van der Waals surface area contributed by atoms with Crippen molar-refractivity contribution in [2.45, 2.75) is 37.6 Å². The smallest absolute Gasteiger partial charge is 0.237 e. The number of ether oxygens (including phenoxy) is 2. The van der Waals surface area contributed by atoms with Crippen molar-refractivity contribution < 1.29 is 19.4 Å². The van der Waals surface area contributed by atoms with Gasteiger partial charge in [-0.05, 0) is 31.0 Å². The zero-order valence-corrected chi connectivity index (χ0v) is 14.7. The van der Waals surface area contributed by atoms with Crippen molar-refractivity contribution >= 4 is 16.8 Å². The summed E-state index contributed by atoms with van der Waals surface area (Å²) in [6.07, 6.45) is 3.47. The lowest BCUT2D eigenvalue weighted by atomic mass is 10.0. The third-order valence-corrected chi connectivity index (χ3v) is 5.36. The number of hydrogen-bond acceptors (Lipinski definition) is 5. The Balaban J connectivity index is 1.42. The first-order valence-electron chi connectivity index (χ1n) is 9.14. The molecule has 1 amide bonds. The Labute approximate surface area is 152 Å². The van der Waals surface area contributed by atoms with Gasteiger partial charge in [-0.2, -0.15) is 0 Å². The molecule has 2 aliphatic heterocycles. The van der Waals surface area contributed by atoms with Crippen molar-refractivity contribution in [3.05, 3.63) is 30.5 Å². The monoisotopic (exact) mass is 359 g/mol. The third-order valence-electron chi connectivity index (χ3n) is 5.36. The van der Waals surface area contributed by atoms with Gasteiger partial charge in [0.2, 0.25) is 5.91 Å². The number of piperidine rings is 1. The molecule has 3 N–H and O–H groups in total. The fourth-order valence-electron chi connectivity index (χ4n) is 3.99. The minimum Gasteiger partial charge on any atom is -0.490 e. The van der Waals surface area contributed by atoms with Gasteiger partial charge in [0, 0.05) is 24.7 Å². The number of fused-ring (bicyclic) bond motifs is 1. The number of rotatable bonds is 5. The van der Waals surface area contributed by atoms with E-state index in [0.717, 1.165) is 42.6 Å². The second-order valence-electron chi connectivity index (χ2n) is 7.12. The van der Waals surface area contributed by atoms with Crippen LogP contribution in [0.25, 0.3) is 10.9 Å². The van der Waals surface area contributed by atoms with Crippen LogP contribution in [-0.2, 0) is 16.1 Å². The second-order valence-corrected chi connectivity index (χ2v) is 7.12. The van der Waals surface area contributed by atoms with E-state index in [0.29, 0.717) is 13.2 Å². The standard InChI is InChI=1S/C19H25N3O4/c20-19(24)10-22-9-6-14-15(22)2-1-3-18(14)26-13-4-7-21(8-5-13)16-11-25-12-17(16)23/h1-3,6,9,13,16-17,23H,4-5,7-8,10-12H2,(H2,20,24). The number of nitrogens with zero attached hydrogens (tertiary/aromatic N) is 2. The topological polar surface area (TPSA) is 90.0 Å². The summed E-state index contributed by atoms with van der Waals surface area (Å²) in [5.41, 5.74) is 6.26. The van der Waals surface area contributed by atoms with Crippen molar-refractivity contribution in [3.8, 4) is 5.75 Å². The molecular formula is C19H25N3O4. The maximum Gasteiger partial charge on any atom is 0.237 e. The molecule has 3 heterocycles. The molecule has 0 aliphatic carbocycles. The fourth-order valence-corrected chi connectivity index (χ4v) is 3.99. The molecule has 4 rings (SSSR count). The Morgan fingerprint density at radius 3 is 2.77 bits per heavy atom. The SMILES string of the molecule is NC(=O)Cn1ccc2c(OC3CCN(C4COCC4O)CC3)cccc21. The lowest BCUT2D eigenvalue weighted by Gasteiger charge is -2.36. The van der Waals surface area contributed by atoms with E-state index in [1.54, 1.807) is 0 Å². The molecule has 26 heavy (non-hydrogen) atoms. The van der Waals surface area contributed by atoms with E-state index in [4.69, 9.17) is 15.2 Å². The van der Waals surface area contributed by atoms with Gasteiger partial charge in [0.25, 0.3) is 0 Å². The molecule has 1 aromatic heterocycles. The number of carbonyl (C=O) groups excluding carboxylic acids is 1. The molecule has 0 radical (unpaired) electrons. The zero-order valence-electron chi connectivity index (χ0n) is 14.7. The molecule has 7 nitrogen and oxygen atoms in total. The molecule has 1 aromatic carbocycles. The first kappa shape index (κ1) is 17.3. The maximum atomic E-state index is 11.2. The van der Waals surface area contributed by atoms with Crippen LogP contribution in [0.15, 0.2) is 30.5 Å². The van der Waals surface area contributed by atoms with Crippen LogP contribution in [-0.4, -0.2) is 65.0 Å². The molecule has 2 atom stereocenters. The van der Waals surface area contributed by atoms with Crippen LogP contribution in [0.5, 0.6) is 5.75 Å². The van der Waals surface area contributed by atoms with E-state index in [2.05, 4.69) is 4.90 Å². The normalized spacial score (nSPS) is 25.0. The molecular weight excluding hydrogens is 334 g/mol. The summed E-state index contributed by atoms with van der Waals surface area (Å²) in [6.45, 7) is 3.00. The van der Waals surface area contributed by atoms with Gasteiger partial charge in [-0.25, -0.2) is 0 Å². The van der Waals surface area contributed by atoms with Crippen molar-refractivity contribution in [2.75, 3.05) is 26.3 Å². The molecule has 2 aromatic rings. The van der Waals surface area contributed by atoms with Gasteiger partial charge in [0.05, 0.1) is 30.9 Å². The molecule has 2 fully saturated rings. The Hall–Kier alpha value is -2.09. The van der Waals surface area contributed by atoms with Crippen molar-refractivity contribution in [1.29, 1.82) is 0 Å². The minimum atomic E-state index is -0.383. The van der Waals surface area contributed by atoms with Gasteiger partial charge in [0.15, 0.2) is 0 Å². The van der Waals surface area contributed by atoms with E-state index in [-0.39, 0.29) is 30.7 Å². The average Bonchev–Trinajstić information content (AvgIpc) is 3.23. The number of primary amides is 1. The first-order chi connectivity index (χ1) is 12.6. The highest BCUT2D eigenvalue weighted by atomic mass is 16.5. The summed E-state index contributed by atoms with van der Waals surface area (Å²) in [6, 6.07) is 7.96. The summed E-state index contributed by atoms with van der Waals surface area (Å²) in [7, 11) is 0. The van der Waals surface area contributed by atoms with Crippen LogP contribution in [0.1, 0.15) is 12.8 Å². The molecule has 140 valence electrons. The summed E-state index contributed by atoms with van der Waals surface area (Å²) >= 11 is 0. The minimum absolute atomic E-state index is 0.113. The van der Waals surface area contributed by atoms with Crippen LogP contribution in [0.2, 0.25) is 0 Å². The van der Waals surface area contributed by atoms with Crippen LogP contribution in [0.4, 0.5) is 0 Å². The van der Waals surface area contributed by atoms with Crippen molar-refractivity contribution in [3.63, 3.8) is 0 Å². The van der Waals surface area contributed by atoms with Crippen molar-refractivity contribution in [2.24, 2.45) is 5.73 Å². The number of nitrogens with two attached hydrogens (primary N) is 1. The van der Waals surface area contributed by atoms with E-state index in [1.807, 2.05) is 35.0 Å². The molecule has 0 saturated carbocycles. The van der Waals surface area contributed by atoms with Gasteiger partial charge in [-0.15, -0.1) is 0 Å². The van der Waals surface area contributed by atoms with Gasteiger partial charge in [0.1, 0.15) is 18.4 Å². The predicted molar refractivity (Wildman–Crippen MR) is 97.0 cm³/mol. The maximum absolute atomic E-state index is 11.2. The number of carbonyl (C=O) groups is 1. The largest absolute Gasteiger partial charge is 0.490 e. The van der Waals surface area contributed by atoms with E-state index >= 15 is 0 Å². The lowest BCUT2D eigenvalue weighted by molar-refractivity contribution is -0.118. The van der Waals surface area contributed by atoms with E-state index < -0.39 is 0 Å². The van der Waals surface area contributed by atoms with Gasteiger partial charge < -0.3 is 24.9 Å².